The van der Waals surface area contributed by atoms with Crippen LogP contribution in [0.5, 0.6) is 0 Å². The third-order valence-electron chi connectivity index (χ3n) is 4.31. The fraction of sp³-hybridized carbons (Fsp3) is 0.562. The molecule has 1 aromatic rings. The Kier molecular flexibility index (Phi) is 4.78. The summed E-state index contributed by atoms with van der Waals surface area (Å²) in [6, 6.07) is 5.78. The molecule has 4 heteroatoms. The Morgan fingerprint density at radius 2 is 2.20 bits per heavy atom. The van der Waals surface area contributed by atoms with Crippen LogP contribution in [-0.4, -0.2) is 35.1 Å². The number of carboxylic acids is 1. The van der Waals surface area contributed by atoms with Gasteiger partial charge in [-0.15, -0.1) is 0 Å². The fourth-order valence-corrected chi connectivity index (χ4v) is 2.89. The van der Waals surface area contributed by atoms with Crippen molar-refractivity contribution in [2.24, 2.45) is 11.7 Å². The van der Waals surface area contributed by atoms with Gasteiger partial charge in [0.05, 0.1) is 0 Å². The summed E-state index contributed by atoms with van der Waals surface area (Å²) in [7, 11) is 0. The maximum atomic E-state index is 11.0. The van der Waals surface area contributed by atoms with Crippen molar-refractivity contribution in [3.63, 3.8) is 0 Å². The number of hydrogen-bond donors (Lipinski definition) is 2. The van der Waals surface area contributed by atoms with Gasteiger partial charge < -0.3 is 10.8 Å². The molecule has 1 aromatic carbocycles. The smallest absolute Gasteiger partial charge is 0.320 e. The van der Waals surface area contributed by atoms with Crippen LogP contribution in [0.3, 0.4) is 0 Å². The van der Waals surface area contributed by atoms with Crippen molar-refractivity contribution in [3.8, 4) is 0 Å². The van der Waals surface area contributed by atoms with Crippen molar-refractivity contribution in [3.05, 3.63) is 34.9 Å². The lowest BCUT2D eigenvalue weighted by molar-refractivity contribution is -0.140. The first kappa shape index (κ1) is 15.0. The highest BCUT2D eigenvalue weighted by molar-refractivity contribution is 5.73. The van der Waals surface area contributed by atoms with Crippen molar-refractivity contribution >= 4 is 5.97 Å². The molecule has 4 nitrogen and oxygen atoms in total. The van der Waals surface area contributed by atoms with Gasteiger partial charge in [0.2, 0.25) is 0 Å². The molecule has 2 atom stereocenters. The van der Waals surface area contributed by atoms with Crippen LogP contribution in [0.15, 0.2) is 18.2 Å². The molecule has 2 rings (SSSR count). The summed E-state index contributed by atoms with van der Waals surface area (Å²) in [6.45, 7) is 6.92. The molecule has 0 saturated carbocycles. The normalized spacial score (nSPS) is 21.6. The average Bonchev–Trinajstić information content (AvgIpc) is 2.42. The summed E-state index contributed by atoms with van der Waals surface area (Å²) in [5.74, 6) is -0.823. The van der Waals surface area contributed by atoms with Crippen LogP contribution in [0.2, 0.25) is 0 Å². The largest absolute Gasteiger partial charge is 0.480 e. The second-order valence-corrected chi connectivity index (χ2v) is 5.92. The number of carboxylic acid groups (broad SMARTS) is 1. The van der Waals surface area contributed by atoms with Crippen LogP contribution in [0.4, 0.5) is 0 Å². The molecular weight excluding hydrogens is 252 g/mol. The van der Waals surface area contributed by atoms with Crippen LogP contribution in [0.1, 0.15) is 29.5 Å². The zero-order valence-corrected chi connectivity index (χ0v) is 12.3. The standard InChI is InChI=1S/C16H24N2O2/c1-11-5-6-13(8-12(11)2)9-18-7-3-4-14(10-18)15(17)16(19)20/h5-6,8,14-15H,3-4,7,9-10,17H2,1-2H3,(H,19,20). The number of rotatable bonds is 4. The molecule has 110 valence electrons. The van der Waals surface area contributed by atoms with Gasteiger partial charge in [-0.05, 0) is 55.8 Å². The molecule has 20 heavy (non-hydrogen) atoms. The number of piperidine rings is 1. The van der Waals surface area contributed by atoms with E-state index in [-0.39, 0.29) is 5.92 Å². The summed E-state index contributed by atoms with van der Waals surface area (Å²) >= 11 is 0. The Labute approximate surface area is 120 Å². The number of likely N-dealkylation sites (tertiary alicyclic amines) is 1. The van der Waals surface area contributed by atoms with E-state index < -0.39 is 12.0 Å². The Morgan fingerprint density at radius 1 is 1.45 bits per heavy atom. The zero-order chi connectivity index (χ0) is 14.7. The number of aliphatic carboxylic acids is 1. The molecule has 3 N–H and O–H groups in total. The zero-order valence-electron chi connectivity index (χ0n) is 12.3. The van der Waals surface area contributed by atoms with Gasteiger partial charge in [0.1, 0.15) is 6.04 Å². The average molecular weight is 276 g/mol. The summed E-state index contributed by atoms with van der Waals surface area (Å²) in [5, 5.41) is 9.03. The van der Waals surface area contributed by atoms with Crippen LogP contribution in [0.25, 0.3) is 0 Å². The molecule has 1 aliphatic heterocycles. The van der Waals surface area contributed by atoms with Crippen LogP contribution in [-0.2, 0) is 11.3 Å². The predicted molar refractivity (Wildman–Crippen MR) is 79.5 cm³/mol. The number of hydrogen-bond acceptors (Lipinski definition) is 3. The Bertz CT molecular complexity index is 487. The Hall–Kier alpha value is -1.39. The van der Waals surface area contributed by atoms with Gasteiger partial charge in [0.25, 0.3) is 0 Å². The minimum absolute atomic E-state index is 0.0628. The highest BCUT2D eigenvalue weighted by Crippen LogP contribution is 2.21. The maximum Gasteiger partial charge on any atom is 0.320 e. The van der Waals surface area contributed by atoms with Gasteiger partial charge in [-0.2, -0.15) is 0 Å². The summed E-state index contributed by atoms with van der Waals surface area (Å²) in [4.78, 5) is 13.3. The van der Waals surface area contributed by atoms with E-state index in [1.165, 1.54) is 16.7 Å². The van der Waals surface area contributed by atoms with Gasteiger partial charge in [0.15, 0.2) is 0 Å². The molecule has 1 saturated heterocycles. The highest BCUT2D eigenvalue weighted by atomic mass is 16.4. The first-order valence-corrected chi connectivity index (χ1v) is 7.24. The topological polar surface area (TPSA) is 66.6 Å². The molecule has 1 aliphatic rings. The van der Waals surface area contributed by atoms with Crippen molar-refractivity contribution in [1.82, 2.24) is 4.90 Å². The molecule has 0 aliphatic carbocycles. The molecule has 2 unspecified atom stereocenters. The summed E-state index contributed by atoms with van der Waals surface area (Å²) < 4.78 is 0. The first-order chi connectivity index (χ1) is 9.47. The van der Waals surface area contributed by atoms with Crippen LogP contribution in [0, 0.1) is 19.8 Å². The van der Waals surface area contributed by atoms with E-state index in [0.717, 1.165) is 32.5 Å². The lowest BCUT2D eigenvalue weighted by atomic mass is 9.91. The summed E-state index contributed by atoms with van der Waals surface area (Å²) in [5.41, 5.74) is 9.66. The third-order valence-corrected chi connectivity index (χ3v) is 4.31. The lowest BCUT2D eigenvalue weighted by Crippen LogP contribution is -2.46. The monoisotopic (exact) mass is 276 g/mol. The maximum absolute atomic E-state index is 11.0. The van der Waals surface area contributed by atoms with Crippen LogP contribution >= 0.6 is 0 Å². The second-order valence-electron chi connectivity index (χ2n) is 5.92. The van der Waals surface area contributed by atoms with Gasteiger partial charge in [-0.25, -0.2) is 0 Å². The lowest BCUT2D eigenvalue weighted by Gasteiger charge is -2.34. The van der Waals surface area contributed by atoms with Crippen LogP contribution < -0.4 is 5.73 Å². The molecular formula is C16H24N2O2. The molecule has 0 aromatic heterocycles. The number of aryl methyl sites for hydroxylation is 2. The summed E-state index contributed by atoms with van der Waals surface area (Å²) in [6.07, 6.45) is 1.94. The van der Waals surface area contributed by atoms with E-state index in [9.17, 15) is 4.79 Å². The third kappa shape index (κ3) is 3.58. The van der Waals surface area contributed by atoms with Crippen molar-refractivity contribution in [2.45, 2.75) is 39.3 Å². The number of nitrogens with zero attached hydrogens (tertiary/aromatic N) is 1. The van der Waals surface area contributed by atoms with Crippen molar-refractivity contribution < 1.29 is 9.90 Å². The van der Waals surface area contributed by atoms with E-state index in [4.69, 9.17) is 10.8 Å². The molecule has 0 radical (unpaired) electrons. The van der Waals surface area contributed by atoms with Gasteiger partial charge in [0, 0.05) is 13.1 Å². The second kappa shape index (κ2) is 6.37. The molecule has 0 bridgehead atoms. The van der Waals surface area contributed by atoms with E-state index in [1.807, 2.05) is 0 Å². The highest BCUT2D eigenvalue weighted by Gasteiger charge is 2.29. The number of carbonyl (C=O) groups is 1. The van der Waals surface area contributed by atoms with E-state index in [0.29, 0.717) is 0 Å². The SMILES string of the molecule is Cc1ccc(CN2CCCC(C(N)C(=O)O)C2)cc1C. The van der Waals surface area contributed by atoms with E-state index in [1.54, 1.807) is 0 Å². The Morgan fingerprint density at radius 3 is 2.85 bits per heavy atom. The minimum atomic E-state index is -0.886. The quantitative estimate of drug-likeness (QED) is 0.882. The van der Waals surface area contributed by atoms with E-state index >= 15 is 0 Å². The molecule has 1 fully saturated rings. The van der Waals surface area contributed by atoms with Gasteiger partial charge in [-0.3, -0.25) is 9.69 Å². The number of nitrogens with two attached hydrogens (primary N) is 1. The molecule has 0 spiro atoms. The van der Waals surface area contributed by atoms with Gasteiger partial charge >= 0.3 is 5.97 Å². The van der Waals surface area contributed by atoms with Crippen molar-refractivity contribution in [2.75, 3.05) is 13.1 Å². The predicted octanol–water partition coefficient (Wildman–Crippen LogP) is 1.93. The number of benzene rings is 1. The molecule has 1 heterocycles. The van der Waals surface area contributed by atoms with Crippen molar-refractivity contribution in [1.29, 1.82) is 0 Å². The van der Waals surface area contributed by atoms with E-state index in [2.05, 4.69) is 36.9 Å². The molecule has 0 amide bonds. The first-order valence-electron chi connectivity index (χ1n) is 7.24. The Balaban J connectivity index is 1.99. The minimum Gasteiger partial charge on any atom is -0.480 e. The fourth-order valence-electron chi connectivity index (χ4n) is 2.89. The van der Waals surface area contributed by atoms with Gasteiger partial charge in [-0.1, -0.05) is 18.2 Å².